The van der Waals surface area contributed by atoms with Gasteiger partial charge in [-0.05, 0) is 54.1 Å². The summed E-state index contributed by atoms with van der Waals surface area (Å²) in [5, 5.41) is 1.59. The van der Waals surface area contributed by atoms with Gasteiger partial charge in [0.15, 0.2) is 6.10 Å². The summed E-state index contributed by atoms with van der Waals surface area (Å²) in [6.45, 7) is 0. The third kappa shape index (κ3) is 3.14. The first-order valence-corrected chi connectivity index (χ1v) is 9.87. The van der Waals surface area contributed by atoms with Crippen LogP contribution in [-0.2, 0) is 14.4 Å². The summed E-state index contributed by atoms with van der Waals surface area (Å²) in [5.41, 5.74) is 1.86. The van der Waals surface area contributed by atoms with Crippen molar-refractivity contribution in [3.05, 3.63) is 90.2 Å². The Hall–Kier alpha value is -3.71. The van der Waals surface area contributed by atoms with E-state index in [0.29, 0.717) is 22.7 Å². The minimum absolute atomic E-state index is 0.354. The van der Waals surface area contributed by atoms with E-state index in [2.05, 4.69) is 0 Å². The lowest BCUT2D eigenvalue weighted by atomic mass is 9.90. The maximum Gasteiger partial charge on any atom is 0.266 e. The van der Waals surface area contributed by atoms with Crippen molar-refractivity contribution in [3.8, 4) is 5.75 Å². The van der Waals surface area contributed by atoms with E-state index in [0.717, 1.165) is 4.90 Å². The highest BCUT2D eigenvalue weighted by atomic mass is 19.1. The van der Waals surface area contributed by atoms with Crippen molar-refractivity contribution in [2.75, 3.05) is 17.1 Å². The highest BCUT2D eigenvalue weighted by Crippen LogP contribution is 2.47. The molecule has 0 unspecified atom stereocenters. The van der Waals surface area contributed by atoms with Gasteiger partial charge in [-0.25, -0.2) is 14.4 Å². The van der Waals surface area contributed by atoms with E-state index in [-0.39, 0.29) is 11.7 Å². The zero-order chi connectivity index (χ0) is 21.5. The zero-order valence-corrected chi connectivity index (χ0v) is 16.6. The Morgan fingerprint density at radius 3 is 2.16 bits per heavy atom. The molecule has 0 radical (unpaired) electrons. The van der Waals surface area contributed by atoms with Crippen LogP contribution in [0.4, 0.5) is 15.8 Å². The molecule has 7 heteroatoms. The van der Waals surface area contributed by atoms with E-state index in [9.17, 15) is 14.0 Å². The summed E-state index contributed by atoms with van der Waals surface area (Å²) < 4.78 is 18.7. The molecule has 3 aromatic carbocycles. The number of imide groups is 1. The number of anilines is 2. The van der Waals surface area contributed by atoms with E-state index in [1.165, 1.54) is 12.1 Å². The van der Waals surface area contributed by atoms with Crippen LogP contribution in [0.3, 0.4) is 0 Å². The molecule has 2 aliphatic heterocycles. The minimum Gasteiger partial charge on any atom is -0.497 e. The average molecular weight is 418 g/mol. The number of hydroxylamine groups is 1. The van der Waals surface area contributed by atoms with Crippen molar-refractivity contribution in [2.24, 2.45) is 5.92 Å². The van der Waals surface area contributed by atoms with Gasteiger partial charge < -0.3 is 4.74 Å². The molecule has 0 spiro atoms. The number of halogens is 1. The van der Waals surface area contributed by atoms with Crippen molar-refractivity contribution >= 4 is 23.2 Å². The number of carbonyl (C=O) groups excluding carboxylic acids is 2. The van der Waals surface area contributed by atoms with Crippen molar-refractivity contribution in [1.29, 1.82) is 0 Å². The molecular formula is C24H19FN2O4. The number of methoxy groups -OCH3 is 1. The summed E-state index contributed by atoms with van der Waals surface area (Å²) in [7, 11) is 1.55. The molecule has 2 amide bonds. The Morgan fingerprint density at radius 1 is 0.839 bits per heavy atom. The molecule has 6 nitrogen and oxygen atoms in total. The Labute approximate surface area is 178 Å². The number of fused-ring (bicyclic) bond motifs is 1. The highest BCUT2D eigenvalue weighted by Gasteiger charge is 2.60. The molecule has 3 aromatic rings. The van der Waals surface area contributed by atoms with Crippen LogP contribution in [0.2, 0.25) is 0 Å². The number of carbonyl (C=O) groups is 2. The number of ether oxygens (including phenoxy) is 1. The van der Waals surface area contributed by atoms with Crippen LogP contribution in [-0.4, -0.2) is 25.0 Å². The van der Waals surface area contributed by atoms with Crippen LogP contribution in [0.1, 0.15) is 11.6 Å². The largest absolute Gasteiger partial charge is 0.497 e. The van der Waals surface area contributed by atoms with E-state index < -0.39 is 24.0 Å². The molecule has 5 rings (SSSR count). The lowest BCUT2D eigenvalue weighted by molar-refractivity contribution is -0.126. The molecule has 3 atom stereocenters. The third-order valence-corrected chi connectivity index (χ3v) is 5.67. The summed E-state index contributed by atoms with van der Waals surface area (Å²) in [4.78, 5) is 33.9. The third-order valence-electron chi connectivity index (χ3n) is 5.67. The Morgan fingerprint density at radius 2 is 1.52 bits per heavy atom. The van der Waals surface area contributed by atoms with Gasteiger partial charge in [0.25, 0.3) is 5.91 Å². The smallest absolute Gasteiger partial charge is 0.266 e. The second-order valence-corrected chi connectivity index (χ2v) is 7.42. The molecule has 0 saturated carbocycles. The van der Waals surface area contributed by atoms with Crippen LogP contribution in [0.15, 0.2) is 78.9 Å². The van der Waals surface area contributed by atoms with Crippen molar-refractivity contribution in [3.63, 3.8) is 0 Å². The molecule has 156 valence electrons. The van der Waals surface area contributed by atoms with Crippen molar-refractivity contribution in [2.45, 2.75) is 12.1 Å². The van der Waals surface area contributed by atoms with Gasteiger partial charge in [-0.3, -0.25) is 14.4 Å². The molecule has 2 saturated heterocycles. The standard InChI is InChI=1S/C24H19FN2O4/c1-30-19-13-11-17(12-14-19)26-23(28)20-21(15-7-9-16(25)10-8-15)27(31-22(20)24(26)29)18-5-3-2-4-6-18/h2-14,20-22H,1H3/t20-,21+,22+/m0/s1. The van der Waals surface area contributed by atoms with Crippen molar-refractivity contribution in [1.82, 2.24) is 0 Å². The second-order valence-electron chi connectivity index (χ2n) is 7.42. The lowest BCUT2D eigenvalue weighted by Gasteiger charge is -2.28. The fourth-order valence-electron chi connectivity index (χ4n) is 4.20. The number of para-hydroxylation sites is 1. The monoisotopic (exact) mass is 418 g/mol. The van der Waals surface area contributed by atoms with Crippen LogP contribution in [0.5, 0.6) is 5.75 Å². The number of benzene rings is 3. The van der Waals surface area contributed by atoms with E-state index in [1.54, 1.807) is 48.6 Å². The molecule has 2 fully saturated rings. The second kappa shape index (κ2) is 7.52. The summed E-state index contributed by atoms with van der Waals surface area (Å²) >= 11 is 0. The molecule has 0 aromatic heterocycles. The maximum absolute atomic E-state index is 13.6. The number of hydrogen-bond donors (Lipinski definition) is 0. The first kappa shape index (κ1) is 19.3. The van der Waals surface area contributed by atoms with Gasteiger partial charge in [-0.1, -0.05) is 30.3 Å². The van der Waals surface area contributed by atoms with Gasteiger partial charge in [0.2, 0.25) is 5.91 Å². The first-order valence-electron chi connectivity index (χ1n) is 9.87. The topological polar surface area (TPSA) is 59.1 Å². The quantitative estimate of drug-likeness (QED) is 0.602. The average Bonchev–Trinajstić information content (AvgIpc) is 3.31. The van der Waals surface area contributed by atoms with E-state index in [1.807, 2.05) is 30.3 Å². The number of hydrogen-bond acceptors (Lipinski definition) is 5. The number of amides is 2. The molecule has 2 heterocycles. The summed E-state index contributed by atoms with van der Waals surface area (Å²) in [6.07, 6.45) is -0.968. The molecule has 0 bridgehead atoms. The van der Waals surface area contributed by atoms with Crippen LogP contribution < -0.4 is 14.7 Å². The van der Waals surface area contributed by atoms with Crippen molar-refractivity contribution < 1.29 is 23.6 Å². The predicted molar refractivity (Wildman–Crippen MR) is 112 cm³/mol. The first-order chi connectivity index (χ1) is 15.1. The van der Waals surface area contributed by atoms with Gasteiger partial charge in [0.1, 0.15) is 17.5 Å². The van der Waals surface area contributed by atoms with E-state index >= 15 is 0 Å². The molecule has 2 aliphatic rings. The summed E-state index contributed by atoms with van der Waals surface area (Å²) in [6, 6.07) is 21.3. The number of rotatable bonds is 4. The van der Waals surface area contributed by atoms with Gasteiger partial charge in [-0.2, -0.15) is 0 Å². The predicted octanol–water partition coefficient (Wildman–Crippen LogP) is 3.89. The van der Waals surface area contributed by atoms with Crippen LogP contribution >= 0.6 is 0 Å². The van der Waals surface area contributed by atoms with Crippen LogP contribution in [0.25, 0.3) is 0 Å². The normalized spacial score (nSPS) is 22.7. The number of nitrogens with zero attached hydrogens (tertiary/aromatic N) is 2. The highest BCUT2D eigenvalue weighted by molar-refractivity contribution is 6.23. The van der Waals surface area contributed by atoms with Gasteiger partial charge >= 0.3 is 0 Å². The van der Waals surface area contributed by atoms with E-state index in [4.69, 9.17) is 9.57 Å². The Balaban J connectivity index is 1.56. The van der Waals surface area contributed by atoms with Crippen LogP contribution in [0, 0.1) is 11.7 Å². The summed E-state index contributed by atoms with van der Waals surface area (Å²) in [5.74, 6) is -1.29. The Bertz CT molecular complexity index is 1120. The van der Waals surface area contributed by atoms with Gasteiger partial charge in [0.05, 0.1) is 24.5 Å². The van der Waals surface area contributed by atoms with Gasteiger partial charge in [-0.15, -0.1) is 0 Å². The molecule has 31 heavy (non-hydrogen) atoms. The molecule has 0 N–H and O–H groups in total. The molecular weight excluding hydrogens is 399 g/mol. The fraction of sp³-hybridized carbons (Fsp3) is 0.167. The van der Waals surface area contributed by atoms with Gasteiger partial charge in [0, 0.05) is 0 Å². The lowest BCUT2D eigenvalue weighted by Crippen LogP contribution is -2.37. The Kier molecular flexibility index (Phi) is 4.67. The zero-order valence-electron chi connectivity index (χ0n) is 16.6. The minimum atomic E-state index is -0.968. The molecule has 0 aliphatic carbocycles. The SMILES string of the molecule is COc1ccc(N2C(=O)[C@H]3[C@@H](c4ccc(F)cc4)N(c4ccccc4)O[C@H]3C2=O)cc1. The fourth-order valence-corrected chi connectivity index (χ4v) is 4.20. The maximum atomic E-state index is 13.6.